The molecule has 4 aromatic heterocycles. The van der Waals surface area contributed by atoms with Gasteiger partial charge in [0.05, 0.1) is 28.5 Å². The lowest BCUT2D eigenvalue weighted by atomic mass is 10.0. The molecule has 4 heterocycles. The summed E-state index contributed by atoms with van der Waals surface area (Å²) in [7, 11) is 3.31. The molecule has 0 atom stereocenters. The molecule has 5 aromatic rings. The van der Waals surface area contributed by atoms with Gasteiger partial charge in [0.25, 0.3) is 5.91 Å². The fraction of sp³-hybridized carbons (Fsp3) is 0.200. The number of benzene rings is 1. The quantitative estimate of drug-likeness (QED) is 0.367. The van der Waals surface area contributed by atoms with Crippen LogP contribution in [0.15, 0.2) is 49.2 Å². The van der Waals surface area contributed by atoms with E-state index in [4.69, 9.17) is 11.6 Å². The molecule has 11 heteroatoms. The van der Waals surface area contributed by atoms with Crippen molar-refractivity contribution in [1.29, 1.82) is 0 Å². The standard InChI is InChI=1S/C25H21ClFN7O2/c1-32(2)25(36)15-7-8-33(11-15)23-21(27)20(26)19(16-9-28-31-22(16)23)14-5-6-18-29-17(12-34(18)10-14)30-24(35)13-3-4-13/h5-13H,3-4H2,1-2H3,(H,28,31)(H,30,35). The molecule has 1 aromatic carbocycles. The molecule has 6 rings (SSSR count). The van der Waals surface area contributed by atoms with Crippen molar-refractivity contribution in [3.05, 3.63) is 65.6 Å². The van der Waals surface area contributed by atoms with Crippen molar-refractivity contribution < 1.29 is 14.0 Å². The number of nitrogens with one attached hydrogen (secondary N) is 2. The van der Waals surface area contributed by atoms with E-state index in [0.29, 0.717) is 39.1 Å². The molecule has 1 aliphatic carbocycles. The van der Waals surface area contributed by atoms with E-state index < -0.39 is 5.82 Å². The summed E-state index contributed by atoms with van der Waals surface area (Å²) in [4.78, 5) is 30.3. The second-order valence-corrected chi connectivity index (χ2v) is 9.47. The number of carbonyl (C=O) groups excluding carboxylic acids is 2. The van der Waals surface area contributed by atoms with Gasteiger partial charge < -0.3 is 19.2 Å². The third-order valence-corrected chi connectivity index (χ3v) is 6.66. The molecule has 36 heavy (non-hydrogen) atoms. The molecule has 0 spiro atoms. The van der Waals surface area contributed by atoms with Crippen molar-refractivity contribution in [2.24, 2.45) is 5.92 Å². The van der Waals surface area contributed by atoms with Crippen molar-refractivity contribution in [1.82, 2.24) is 29.0 Å². The van der Waals surface area contributed by atoms with E-state index in [9.17, 15) is 9.59 Å². The number of carbonyl (C=O) groups is 2. The van der Waals surface area contributed by atoms with Gasteiger partial charge in [-0.25, -0.2) is 9.37 Å². The van der Waals surface area contributed by atoms with E-state index in [0.717, 1.165) is 12.8 Å². The van der Waals surface area contributed by atoms with Gasteiger partial charge in [0.1, 0.15) is 11.3 Å². The highest BCUT2D eigenvalue weighted by atomic mass is 35.5. The zero-order valence-corrected chi connectivity index (χ0v) is 20.2. The van der Waals surface area contributed by atoms with Crippen LogP contribution in [0.5, 0.6) is 0 Å². The second kappa shape index (κ2) is 8.20. The van der Waals surface area contributed by atoms with Crippen molar-refractivity contribution in [3.63, 3.8) is 0 Å². The number of halogens is 2. The SMILES string of the molecule is CN(C)C(=O)c1ccn(-c2c(F)c(Cl)c(-c3ccc4nc(NC(=O)C5CC5)cn4c3)c3cn[nH]c23)c1. The molecule has 1 aliphatic rings. The molecule has 0 aliphatic heterocycles. The minimum atomic E-state index is -0.647. The minimum Gasteiger partial charge on any atom is -0.345 e. The Balaban J connectivity index is 1.44. The molecule has 0 bridgehead atoms. The summed E-state index contributed by atoms with van der Waals surface area (Å²) in [5.41, 5.74) is 2.78. The Bertz CT molecular complexity index is 1680. The van der Waals surface area contributed by atoms with Crippen LogP contribution in [0.3, 0.4) is 0 Å². The number of aromatic amines is 1. The van der Waals surface area contributed by atoms with E-state index in [1.165, 1.54) is 9.47 Å². The fourth-order valence-corrected chi connectivity index (χ4v) is 4.62. The number of nitrogens with zero attached hydrogens (tertiary/aromatic N) is 5. The van der Waals surface area contributed by atoms with Crippen LogP contribution in [0.4, 0.5) is 10.2 Å². The Labute approximate surface area is 209 Å². The highest BCUT2D eigenvalue weighted by Crippen LogP contribution is 2.40. The third kappa shape index (κ3) is 3.61. The van der Waals surface area contributed by atoms with Gasteiger partial charge in [0.2, 0.25) is 5.91 Å². The fourth-order valence-electron chi connectivity index (χ4n) is 4.32. The van der Waals surface area contributed by atoms with Crippen molar-refractivity contribution in [3.8, 4) is 16.8 Å². The average Bonchev–Trinajstić information content (AvgIpc) is 3.22. The summed E-state index contributed by atoms with van der Waals surface area (Å²) < 4.78 is 19.1. The number of anilines is 1. The first-order valence-corrected chi connectivity index (χ1v) is 11.7. The maximum Gasteiger partial charge on any atom is 0.254 e. The Morgan fingerprint density at radius 3 is 2.75 bits per heavy atom. The monoisotopic (exact) mass is 505 g/mol. The predicted octanol–water partition coefficient (Wildman–Crippen LogP) is 4.51. The topological polar surface area (TPSA) is 100 Å². The van der Waals surface area contributed by atoms with E-state index in [1.54, 1.807) is 67.7 Å². The highest BCUT2D eigenvalue weighted by molar-refractivity contribution is 6.35. The third-order valence-electron chi connectivity index (χ3n) is 6.31. The summed E-state index contributed by atoms with van der Waals surface area (Å²) in [5.74, 6) is -0.344. The van der Waals surface area contributed by atoms with Crippen LogP contribution >= 0.6 is 11.6 Å². The molecule has 2 N–H and O–H groups in total. The summed E-state index contributed by atoms with van der Waals surface area (Å²) >= 11 is 6.62. The van der Waals surface area contributed by atoms with Crippen LogP contribution in [0, 0.1) is 11.7 Å². The molecule has 2 amide bonds. The molecular weight excluding hydrogens is 485 g/mol. The van der Waals surface area contributed by atoms with Gasteiger partial charge >= 0.3 is 0 Å². The zero-order chi connectivity index (χ0) is 25.1. The summed E-state index contributed by atoms with van der Waals surface area (Å²) in [6.07, 6.45) is 10.1. The van der Waals surface area contributed by atoms with Crippen LogP contribution in [-0.2, 0) is 4.79 Å². The summed E-state index contributed by atoms with van der Waals surface area (Å²) in [5, 5.41) is 10.4. The molecule has 1 fully saturated rings. The number of hydrogen-bond acceptors (Lipinski definition) is 4. The van der Waals surface area contributed by atoms with E-state index in [-0.39, 0.29) is 28.4 Å². The molecule has 182 valence electrons. The van der Waals surface area contributed by atoms with Gasteiger partial charge in [-0.3, -0.25) is 14.7 Å². The first-order valence-electron chi connectivity index (χ1n) is 11.4. The van der Waals surface area contributed by atoms with Gasteiger partial charge in [0.15, 0.2) is 11.6 Å². The number of rotatable bonds is 5. The predicted molar refractivity (Wildman–Crippen MR) is 134 cm³/mol. The first-order chi connectivity index (χ1) is 17.3. The Kier molecular flexibility index (Phi) is 5.08. The van der Waals surface area contributed by atoms with Gasteiger partial charge in [-0.1, -0.05) is 11.6 Å². The normalized spacial score (nSPS) is 13.4. The lowest BCUT2D eigenvalue weighted by Gasteiger charge is -2.14. The van der Waals surface area contributed by atoms with Crippen molar-refractivity contribution in [2.75, 3.05) is 19.4 Å². The van der Waals surface area contributed by atoms with Crippen molar-refractivity contribution in [2.45, 2.75) is 12.8 Å². The Morgan fingerprint density at radius 2 is 2.00 bits per heavy atom. The van der Waals surface area contributed by atoms with Gasteiger partial charge in [0, 0.05) is 55.1 Å². The number of aromatic nitrogens is 5. The average molecular weight is 506 g/mol. The number of fused-ring (bicyclic) bond motifs is 2. The first kappa shape index (κ1) is 22.3. The minimum absolute atomic E-state index is 0.0279. The van der Waals surface area contributed by atoms with Crippen LogP contribution in [-0.4, -0.2) is 55.0 Å². The Hall–Kier alpha value is -4.18. The number of pyridine rings is 1. The van der Waals surface area contributed by atoms with Crippen LogP contribution in [0.25, 0.3) is 33.4 Å². The van der Waals surface area contributed by atoms with Crippen molar-refractivity contribution >= 4 is 45.8 Å². The molecule has 1 saturated carbocycles. The largest absolute Gasteiger partial charge is 0.345 e. The second-order valence-electron chi connectivity index (χ2n) is 9.09. The number of imidazole rings is 1. The number of H-pyrrole nitrogens is 1. The van der Waals surface area contributed by atoms with Crippen LogP contribution < -0.4 is 5.32 Å². The number of amides is 2. The molecule has 0 unspecified atom stereocenters. The van der Waals surface area contributed by atoms with E-state index in [1.807, 2.05) is 0 Å². The van der Waals surface area contributed by atoms with E-state index >= 15 is 4.39 Å². The molecule has 0 saturated heterocycles. The van der Waals surface area contributed by atoms with Gasteiger partial charge in [-0.15, -0.1) is 0 Å². The molecular formula is C25H21ClFN7O2. The lowest BCUT2D eigenvalue weighted by molar-refractivity contribution is -0.117. The zero-order valence-electron chi connectivity index (χ0n) is 19.4. The number of hydrogen-bond donors (Lipinski definition) is 2. The lowest BCUT2D eigenvalue weighted by Crippen LogP contribution is -2.21. The van der Waals surface area contributed by atoms with Crippen LogP contribution in [0.2, 0.25) is 5.02 Å². The highest BCUT2D eigenvalue weighted by Gasteiger charge is 2.30. The summed E-state index contributed by atoms with van der Waals surface area (Å²) in [6, 6.07) is 5.20. The maximum absolute atomic E-state index is 15.8. The Morgan fingerprint density at radius 1 is 1.19 bits per heavy atom. The maximum atomic E-state index is 15.8. The smallest absolute Gasteiger partial charge is 0.254 e. The molecule has 9 nitrogen and oxygen atoms in total. The molecule has 0 radical (unpaired) electrons. The van der Waals surface area contributed by atoms with Gasteiger partial charge in [-0.05, 0) is 31.0 Å². The van der Waals surface area contributed by atoms with Gasteiger partial charge in [-0.2, -0.15) is 5.10 Å². The van der Waals surface area contributed by atoms with E-state index in [2.05, 4.69) is 20.5 Å². The summed E-state index contributed by atoms with van der Waals surface area (Å²) in [6.45, 7) is 0. The van der Waals surface area contributed by atoms with Crippen LogP contribution in [0.1, 0.15) is 23.2 Å².